The van der Waals surface area contributed by atoms with Crippen LogP contribution < -0.4 is 4.74 Å². The Morgan fingerprint density at radius 3 is 2.26 bits per heavy atom. The van der Waals surface area contributed by atoms with Gasteiger partial charge in [-0.05, 0) is 35.4 Å². The SMILES string of the molecule is CN1C(=O)C(=Cc2ccc(Oc3nc(Cl)ncc3F)cc2)C(=O)N(C)C1=O. The van der Waals surface area contributed by atoms with E-state index in [1.807, 2.05) is 0 Å². The Morgan fingerprint density at radius 1 is 1.07 bits per heavy atom. The van der Waals surface area contributed by atoms with E-state index < -0.39 is 23.7 Å². The lowest BCUT2D eigenvalue weighted by Gasteiger charge is -2.28. The zero-order valence-electron chi connectivity index (χ0n) is 14.1. The van der Waals surface area contributed by atoms with Crippen LogP contribution in [0.4, 0.5) is 9.18 Å². The molecule has 27 heavy (non-hydrogen) atoms. The van der Waals surface area contributed by atoms with Crippen LogP contribution in [-0.4, -0.2) is 51.7 Å². The predicted octanol–water partition coefficient (Wildman–Crippen LogP) is 2.50. The summed E-state index contributed by atoms with van der Waals surface area (Å²) >= 11 is 5.61. The Morgan fingerprint density at radius 2 is 1.67 bits per heavy atom. The molecule has 3 rings (SSSR count). The van der Waals surface area contributed by atoms with E-state index in [1.54, 1.807) is 12.1 Å². The lowest BCUT2D eigenvalue weighted by Crippen LogP contribution is -2.52. The van der Waals surface area contributed by atoms with Crippen LogP contribution in [0.15, 0.2) is 36.0 Å². The fourth-order valence-electron chi connectivity index (χ4n) is 2.29. The smallest absolute Gasteiger partial charge is 0.333 e. The number of hydrogen-bond donors (Lipinski definition) is 0. The van der Waals surface area contributed by atoms with E-state index in [2.05, 4.69) is 9.97 Å². The van der Waals surface area contributed by atoms with Gasteiger partial charge in [0.15, 0.2) is 0 Å². The van der Waals surface area contributed by atoms with E-state index >= 15 is 0 Å². The summed E-state index contributed by atoms with van der Waals surface area (Å²) in [5, 5.41) is -0.162. The van der Waals surface area contributed by atoms with Crippen molar-refractivity contribution in [3.63, 3.8) is 0 Å². The van der Waals surface area contributed by atoms with Crippen LogP contribution in [0.1, 0.15) is 5.56 Å². The highest BCUT2D eigenvalue weighted by atomic mass is 35.5. The number of carbonyl (C=O) groups is 3. The molecule has 1 fully saturated rings. The van der Waals surface area contributed by atoms with Gasteiger partial charge in [0.25, 0.3) is 17.7 Å². The van der Waals surface area contributed by atoms with Crippen LogP contribution in [0.3, 0.4) is 0 Å². The molecular weight excluding hydrogens is 379 g/mol. The van der Waals surface area contributed by atoms with Gasteiger partial charge < -0.3 is 4.74 Å². The van der Waals surface area contributed by atoms with Crippen LogP contribution in [-0.2, 0) is 9.59 Å². The first kappa shape index (κ1) is 18.5. The number of halogens is 2. The molecular formula is C17H12ClFN4O4. The Hall–Kier alpha value is -3.33. The van der Waals surface area contributed by atoms with Gasteiger partial charge in [0.2, 0.25) is 11.1 Å². The number of likely N-dealkylation sites (N-methyl/N-ethyl adjacent to an activating group) is 2. The molecule has 2 aromatic rings. The molecule has 1 aromatic carbocycles. The van der Waals surface area contributed by atoms with Crippen molar-refractivity contribution in [2.45, 2.75) is 0 Å². The normalized spacial score (nSPS) is 14.7. The van der Waals surface area contributed by atoms with Crippen molar-refractivity contribution in [1.82, 2.24) is 19.8 Å². The first-order chi connectivity index (χ1) is 12.8. The molecule has 0 bridgehead atoms. The zero-order valence-corrected chi connectivity index (χ0v) is 14.9. The highest BCUT2D eigenvalue weighted by Gasteiger charge is 2.37. The number of ether oxygens (including phenoxy) is 1. The molecule has 0 atom stereocenters. The summed E-state index contributed by atoms with van der Waals surface area (Å²) in [4.78, 5) is 44.9. The van der Waals surface area contributed by atoms with Crippen LogP contribution in [0.2, 0.25) is 5.28 Å². The van der Waals surface area contributed by atoms with Crippen molar-refractivity contribution in [2.75, 3.05) is 14.1 Å². The molecule has 10 heteroatoms. The number of amides is 4. The van der Waals surface area contributed by atoms with Gasteiger partial charge in [-0.2, -0.15) is 9.37 Å². The van der Waals surface area contributed by atoms with Gasteiger partial charge in [0, 0.05) is 14.1 Å². The summed E-state index contributed by atoms with van der Waals surface area (Å²) in [5.74, 6) is -2.24. The van der Waals surface area contributed by atoms with E-state index in [9.17, 15) is 18.8 Å². The molecule has 4 amide bonds. The van der Waals surface area contributed by atoms with Crippen LogP contribution in [0.5, 0.6) is 11.6 Å². The maximum atomic E-state index is 13.6. The van der Waals surface area contributed by atoms with E-state index in [0.717, 1.165) is 16.0 Å². The zero-order chi connectivity index (χ0) is 19.7. The number of urea groups is 1. The van der Waals surface area contributed by atoms with Gasteiger partial charge in [-0.15, -0.1) is 0 Å². The average Bonchev–Trinajstić information content (AvgIpc) is 2.66. The van der Waals surface area contributed by atoms with Gasteiger partial charge in [-0.1, -0.05) is 12.1 Å². The number of carbonyl (C=O) groups excluding carboxylic acids is 3. The maximum absolute atomic E-state index is 13.6. The number of benzene rings is 1. The Labute approximate surface area is 157 Å². The molecule has 0 saturated carbocycles. The van der Waals surface area contributed by atoms with Crippen molar-refractivity contribution in [3.8, 4) is 11.6 Å². The molecule has 0 unspecified atom stereocenters. The van der Waals surface area contributed by atoms with Gasteiger partial charge in [0.05, 0.1) is 6.20 Å². The van der Waals surface area contributed by atoms with Crippen molar-refractivity contribution in [1.29, 1.82) is 0 Å². The second kappa shape index (κ2) is 7.12. The summed E-state index contributed by atoms with van der Waals surface area (Å²) in [7, 11) is 2.58. The maximum Gasteiger partial charge on any atom is 0.333 e. The summed E-state index contributed by atoms with van der Waals surface area (Å²) < 4.78 is 18.9. The third kappa shape index (κ3) is 3.63. The minimum Gasteiger partial charge on any atom is -0.436 e. The van der Waals surface area contributed by atoms with Crippen LogP contribution in [0, 0.1) is 5.82 Å². The van der Waals surface area contributed by atoms with E-state index in [-0.39, 0.29) is 22.5 Å². The summed E-state index contributed by atoms with van der Waals surface area (Å²) in [6.07, 6.45) is 2.24. The molecule has 1 saturated heterocycles. The summed E-state index contributed by atoms with van der Waals surface area (Å²) in [6, 6.07) is 5.41. The molecule has 1 aliphatic heterocycles. The first-order valence-electron chi connectivity index (χ1n) is 7.55. The molecule has 2 heterocycles. The fourth-order valence-corrected chi connectivity index (χ4v) is 2.41. The molecule has 138 valence electrons. The second-order valence-corrected chi connectivity index (χ2v) is 5.87. The van der Waals surface area contributed by atoms with Crippen LogP contribution >= 0.6 is 11.6 Å². The molecule has 0 spiro atoms. The van der Waals surface area contributed by atoms with Gasteiger partial charge >= 0.3 is 6.03 Å². The summed E-state index contributed by atoms with van der Waals surface area (Å²) in [6.45, 7) is 0. The highest BCUT2D eigenvalue weighted by Crippen LogP contribution is 2.24. The van der Waals surface area contributed by atoms with Gasteiger partial charge in [-0.3, -0.25) is 19.4 Å². The van der Waals surface area contributed by atoms with E-state index in [4.69, 9.17) is 16.3 Å². The standard InChI is InChI=1S/C17H12ClFN4O4/c1-22-14(24)11(15(25)23(2)17(22)26)7-9-3-5-10(6-4-9)27-13-12(19)8-20-16(18)21-13/h3-8H,1-2H3. The van der Waals surface area contributed by atoms with Crippen molar-refractivity contribution < 1.29 is 23.5 Å². The second-order valence-electron chi connectivity index (χ2n) is 5.53. The average molecular weight is 391 g/mol. The fraction of sp³-hybridized carbons (Fsp3) is 0.118. The van der Waals surface area contributed by atoms with Crippen molar-refractivity contribution in [3.05, 3.63) is 52.7 Å². The largest absolute Gasteiger partial charge is 0.436 e. The third-order valence-electron chi connectivity index (χ3n) is 3.73. The first-order valence-corrected chi connectivity index (χ1v) is 7.93. The minimum atomic E-state index is -0.778. The number of hydrogen-bond acceptors (Lipinski definition) is 6. The van der Waals surface area contributed by atoms with Crippen molar-refractivity contribution in [2.24, 2.45) is 0 Å². The summed E-state index contributed by atoms with van der Waals surface area (Å²) in [5.41, 5.74) is 0.360. The van der Waals surface area contributed by atoms with Crippen molar-refractivity contribution >= 4 is 35.5 Å². The molecule has 0 radical (unpaired) electrons. The number of aromatic nitrogens is 2. The topological polar surface area (TPSA) is 92.7 Å². The lowest BCUT2D eigenvalue weighted by atomic mass is 10.1. The quantitative estimate of drug-likeness (QED) is 0.454. The predicted molar refractivity (Wildman–Crippen MR) is 92.4 cm³/mol. The van der Waals surface area contributed by atoms with Gasteiger partial charge in [-0.25, -0.2) is 9.78 Å². The molecule has 1 aliphatic rings. The van der Waals surface area contributed by atoms with Gasteiger partial charge in [0.1, 0.15) is 11.3 Å². The highest BCUT2D eigenvalue weighted by molar-refractivity contribution is 6.30. The Kier molecular flexibility index (Phi) is 4.87. The monoisotopic (exact) mass is 390 g/mol. The number of nitrogens with zero attached hydrogens (tertiary/aromatic N) is 4. The van der Waals surface area contributed by atoms with E-state index in [0.29, 0.717) is 5.56 Å². The lowest BCUT2D eigenvalue weighted by molar-refractivity contribution is -0.134. The number of imide groups is 2. The minimum absolute atomic E-state index is 0.151. The Balaban J connectivity index is 1.84. The third-order valence-corrected chi connectivity index (χ3v) is 3.91. The number of rotatable bonds is 3. The molecule has 0 aliphatic carbocycles. The molecule has 1 aromatic heterocycles. The molecule has 8 nitrogen and oxygen atoms in total. The number of barbiturate groups is 1. The molecule has 0 N–H and O–H groups in total. The van der Waals surface area contributed by atoms with E-state index in [1.165, 1.54) is 32.3 Å². The Bertz CT molecular complexity index is 951. The van der Waals surface area contributed by atoms with Crippen LogP contribution in [0.25, 0.3) is 6.08 Å².